The highest BCUT2D eigenvalue weighted by molar-refractivity contribution is 8.01. The quantitative estimate of drug-likeness (QED) is 0.501. The van der Waals surface area contributed by atoms with Crippen LogP contribution in [0.1, 0.15) is 10.9 Å². The number of ether oxygens (including phenoxy) is 3. The lowest BCUT2D eigenvalue weighted by atomic mass is 10.2. The van der Waals surface area contributed by atoms with Crippen molar-refractivity contribution in [1.29, 1.82) is 0 Å². The molecule has 1 heterocycles. The number of sulfonamides is 1. The largest absolute Gasteiger partial charge is 0.493 e. The smallest absolute Gasteiger partial charge is 0.244 e. The molecule has 8 heteroatoms. The maximum atomic E-state index is 13.4. The number of para-hydroxylation sites is 1. The third-order valence-electron chi connectivity index (χ3n) is 4.95. The summed E-state index contributed by atoms with van der Waals surface area (Å²) in [6.45, 7) is 0.439. The molecule has 1 aliphatic rings. The molecule has 0 saturated carbocycles. The average molecular weight is 458 g/mol. The van der Waals surface area contributed by atoms with Gasteiger partial charge in [0.05, 0.1) is 24.5 Å². The molecule has 1 atom stereocenters. The summed E-state index contributed by atoms with van der Waals surface area (Å²) in [6, 6.07) is 21.4. The summed E-state index contributed by atoms with van der Waals surface area (Å²) in [7, 11) is -0.536. The van der Waals surface area contributed by atoms with E-state index in [0.29, 0.717) is 35.3 Å². The molecule has 0 aromatic heterocycles. The van der Waals surface area contributed by atoms with Crippen LogP contribution in [0.25, 0.3) is 0 Å². The van der Waals surface area contributed by atoms with Gasteiger partial charge in [0, 0.05) is 12.3 Å². The Morgan fingerprint density at radius 2 is 1.55 bits per heavy atom. The lowest BCUT2D eigenvalue weighted by molar-refractivity contribution is 0.353. The molecule has 3 aromatic rings. The van der Waals surface area contributed by atoms with Crippen molar-refractivity contribution >= 4 is 21.8 Å². The van der Waals surface area contributed by atoms with Gasteiger partial charge < -0.3 is 14.2 Å². The highest BCUT2D eigenvalue weighted by Crippen LogP contribution is 2.43. The van der Waals surface area contributed by atoms with E-state index in [1.807, 2.05) is 42.5 Å². The van der Waals surface area contributed by atoms with E-state index in [1.165, 1.54) is 4.31 Å². The van der Waals surface area contributed by atoms with Gasteiger partial charge in [0.2, 0.25) is 10.0 Å². The Labute approximate surface area is 186 Å². The second-order valence-corrected chi connectivity index (χ2v) is 9.92. The first-order valence-corrected chi connectivity index (χ1v) is 12.2. The Kier molecular flexibility index (Phi) is 6.41. The molecule has 3 aromatic carbocycles. The van der Waals surface area contributed by atoms with Crippen LogP contribution in [-0.2, 0) is 10.0 Å². The van der Waals surface area contributed by atoms with Gasteiger partial charge in [0.1, 0.15) is 11.5 Å². The van der Waals surface area contributed by atoms with Crippen molar-refractivity contribution in [2.45, 2.75) is 10.3 Å². The van der Waals surface area contributed by atoms with Crippen molar-refractivity contribution in [1.82, 2.24) is 4.31 Å². The van der Waals surface area contributed by atoms with E-state index in [4.69, 9.17) is 14.2 Å². The van der Waals surface area contributed by atoms with E-state index in [-0.39, 0.29) is 10.3 Å². The topological polar surface area (TPSA) is 65.1 Å². The number of rotatable bonds is 7. The third-order valence-corrected chi connectivity index (χ3v) is 8.22. The predicted octanol–water partition coefficient (Wildman–Crippen LogP) is 4.93. The number of hydrogen-bond donors (Lipinski definition) is 0. The minimum atomic E-state index is -3.68. The first-order valence-electron chi connectivity index (χ1n) is 9.71. The Morgan fingerprint density at radius 3 is 2.23 bits per heavy atom. The second-order valence-electron chi connectivity index (χ2n) is 6.84. The van der Waals surface area contributed by atoms with Crippen molar-refractivity contribution in [3.8, 4) is 23.0 Å². The van der Waals surface area contributed by atoms with Gasteiger partial charge in [-0.05, 0) is 54.1 Å². The molecule has 0 radical (unpaired) electrons. The molecule has 0 N–H and O–H groups in total. The fraction of sp³-hybridized carbons (Fsp3) is 0.217. The minimum absolute atomic E-state index is 0.237. The average Bonchev–Trinajstić information content (AvgIpc) is 3.30. The van der Waals surface area contributed by atoms with E-state index in [9.17, 15) is 8.42 Å². The molecule has 4 rings (SSSR count). The molecule has 31 heavy (non-hydrogen) atoms. The van der Waals surface area contributed by atoms with Crippen molar-refractivity contribution in [2.75, 3.05) is 26.5 Å². The summed E-state index contributed by atoms with van der Waals surface area (Å²) in [5.41, 5.74) is 0.854. The summed E-state index contributed by atoms with van der Waals surface area (Å²) >= 11 is 1.59. The zero-order valence-electron chi connectivity index (χ0n) is 17.2. The van der Waals surface area contributed by atoms with Crippen molar-refractivity contribution < 1.29 is 22.6 Å². The highest BCUT2D eigenvalue weighted by atomic mass is 32.2. The molecule has 1 fully saturated rings. The van der Waals surface area contributed by atoms with Crippen LogP contribution >= 0.6 is 11.8 Å². The van der Waals surface area contributed by atoms with Crippen LogP contribution < -0.4 is 14.2 Å². The van der Waals surface area contributed by atoms with E-state index in [1.54, 1.807) is 56.3 Å². The minimum Gasteiger partial charge on any atom is -0.493 e. The highest BCUT2D eigenvalue weighted by Gasteiger charge is 2.37. The van der Waals surface area contributed by atoms with Gasteiger partial charge in [-0.2, -0.15) is 4.31 Å². The molecular formula is C23H23NO5S2. The molecule has 162 valence electrons. The van der Waals surface area contributed by atoms with Crippen LogP contribution in [0.15, 0.2) is 77.7 Å². The lowest BCUT2D eigenvalue weighted by Gasteiger charge is -2.24. The Bertz CT molecular complexity index is 1130. The number of benzene rings is 3. The number of hydrogen-bond acceptors (Lipinski definition) is 6. The maximum Gasteiger partial charge on any atom is 0.244 e. The zero-order chi connectivity index (χ0) is 21.8. The second kappa shape index (κ2) is 9.21. The molecule has 0 spiro atoms. The van der Waals surface area contributed by atoms with Gasteiger partial charge in [-0.25, -0.2) is 8.42 Å². The van der Waals surface area contributed by atoms with Crippen LogP contribution in [0.3, 0.4) is 0 Å². The number of thioether (sulfide) groups is 1. The number of methoxy groups -OCH3 is 2. The SMILES string of the molecule is COc1ccc(C2SCCN2S(=O)(=O)c2ccc(Oc3ccccc3)cc2)cc1OC. The first-order chi connectivity index (χ1) is 15.0. The van der Waals surface area contributed by atoms with Crippen LogP contribution in [-0.4, -0.2) is 39.2 Å². The fourth-order valence-electron chi connectivity index (χ4n) is 3.41. The molecule has 1 unspecified atom stereocenters. The van der Waals surface area contributed by atoms with E-state index in [0.717, 1.165) is 5.56 Å². The van der Waals surface area contributed by atoms with Gasteiger partial charge in [0.25, 0.3) is 0 Å². The van der Waals surface area contributed by atoms with E-state index >= 15 is 0 Å². The van der Waals surface area contributed by atoms with Crippen molar-refractivity contribution in [2.24, 2.45) is 0 Å². The predicted molar refractivity (Wildman–Crippen MR) is 122 cm³/mol. The van der Waals surface area contributed by atoms with Gasteiger partial charge >= 0.3 is 0 Å². The lowest BCUT2D eigenvalue weighted by Crippen LogP contribution is -2.30. The van der Waals surface area contributed by atoms with Gasteiger partial charge in [-0.1, -0.05) is 24.3 Å². The van der Waals surface area contributed by atoms with Crippen LogP contribution in [0.4, 0.5) is 0 Å². The maximum absolute atomic E-state index is 13.4. The molecule has 1 aliphatic heterocycles. The van der Waals surface area contributed by atoms with Crippen molar-refractivity contribution in [3.63, 3.8) is 0 Å². The van der Waals surface area contributed by atoms with Gasteiger partial charge in [-0.15, -0.1) is 11.8 Å². The molecule has 1 saturated heterocycles. The van der Waals surface area contributed by atoms with E-state index < -0.39 is 10.0 Å². The summed E-state index contributed by atoms with van der Waals surface area (Å²) in [5, 5.41) is -0.329. The standard InChI is InChI=1S/C23H23NO5S2/c1-27-21-13-8-17(16-22(21)28-2)23-24(14-15-30-23)31(25,26)20-11-9-19(10-12-20)29-18-6-4-3-5-7-18/h3-13,16,23H,14-15H2,1-2H3. The van der Waals surface area contributed by atoms with E-state index in [2.05, 4.69) is 0 Å². The van der Waals surface area contributed by atoms with Crippen molar-refractivity contribution in [3.05, 3.63) is 78.4 Å². The summed E-state index contributed by atoms with van der Waals surface area (Å²) < 4.78 is 44.8. The Morgan fingerprint density at radius 1 is 0.871 bits per heavy atom. The van der Waals surface area contributed by atoms with Crippen LogP contribution in [0, 0.1) is 0 Å². The molecule has 6 nitrogen and oxygen atoms in total. The summed E-state index contributed by atoms with van der Waals surface area (Å²) in [6.07, 6.45) is 0. The zero-order valence-corrected chi connectivity index (χ0v) is 18.9. The van der Waals surface area contributed by atoms with Crippen LogP contribution in [0.5, 0.6) is 23.0 Å². The summed E-state index contributed by atoms with van der Waals surface area (Å²) in [4.78, 5) is 0.237. The monoisotopic (exact) mass is 457 g/mol. The Balaban J connectivity index is 1.57. The molecule has 0 bridgehead atoms. The summed E-state index contributed by atoms with van der Waals surface area (Å²) in [5.74, 6) is 3.18. The molecule has 0 aliphatic carbocycles. The third kappa shape index (κ3) is 4.51. The Hall–Kier alpha value is -2.68. The first kappa shape index (κ1) is 21.5. The molecular weight excluding hydrogens is 434 g/mol. The van der Waals surface area contributed by atoms with Gasteiger partial charge in [-0.3, -0.25) is 0 Å². The normalized spacial score (nSPS) is 16.8. The number of nitrogens with zero attached hydrogens (tertiary/aromatic N) is 1. The van der Waals surface area contributed by atoms with Gasteiger partial charge in [0.15, 0.2) is 11.5 Å². The van der Waals surface area contributed by atoms with Crippen LogP contribution in [0.2, 0.25) is 0 Å². The fourth-order valence-corrected chi connectivity index (χ4v) is 6.64. The molecule has 0 amide bonds.